The van der Waals surface area contributed by atoms with Crippen LogP contribution in [-0.2, 0) is 0 Å². The van der Waals surface area contributed by atoms with E-state index in [-0.39, 0.29) is 0 Å². The maximum absolute atomic E-state index is 2.54. The van der Waals surface area contributed by atoms with Gasteiger partial charge in [-0.25, -0.2) is 0 Å². The Balaban J connectivity index is 1.18. The van der Waals surface area contributed by atoms with Crippen LogP contribution in [0.3, 0.4) is 0 Å². The van der Waals surface area contributed by atoms with Crippen molar-refractivity contribution in [2.75, 3.05) is 9.80 Å². The Kier molecular flexibility index (Phi) is 14.1. The monoisotopic (exact) mass is 897 g/mol. The Bertz CT molecular complexity index is 2720. The van der Waals surface area contributed by atoms with Crippen LogP contribution in [0.2, 0.25) is 0 Å². The average Bonchev–Trinajstić information content (AvgIpc) is 3.34. The standard InChI is InChI=1S/C66H76N2/c1-37-41(5)49(13)63(50(14)42(37)6)67(64-51(15)43(7)38(2)44(8)52(64)16)61-32-28-57(29-33-61)24-26-59-22-21-23-60(36-59)27-25-58-30-34-62(35-31-58)68(65-53(17)45(9)39(3)46(10)54(65)18)66-55(19)47(11)40(4)48(12)56(66)20/h21-36H,1-20H3. The van der Waals surface area contributed by atoms with Crippen molar-refractivity contribution in [2.45, 2.75) is 138 Å². The van der Waals surface area contributed by atoms with Gasteiger partial charge in [0.2, 0.25) is 0 Å². The van der Waals surface area contributed by atoms with Gasteiger partial charge in [-0.15, -0.1) is 0 Å². The normalized spacial score (nSPS) is 11.7. The second-order valence-electron chi connectivity index (χ2n) is 20.1. The van der Waals surface area contributed by atoms with Gasteiger partial charge in [0.25, 0.3) is 0 Å². The van der Waals surface area contributed by atoms with Gasteiger partial charge in [0.05, 0.1) is 22.7 Å². The molecule has 0 aliphatic carbocycles. The Labute approximate surface area is 411 Å². The molecule has 2 heteroatoms. The van der Waals surface area contributed by atoms with Crippen LogP contribution in [0, 0.1) is 138 Å². The van der Waals surface area contributed by atoms with Gasteiger partial charge in [-0.3, -0.25) is 0 Å². The molecule has 0 spiro atoms. The van der Waals surface area contributed by atoms with Crippen LogP contribution in [0.1, 0.15) is 134 Å². The third-order valence-electron chi connectivity index (χ3n) is 16.9. The Morgan fingerprint density at radius 2 is 0.412 bits per heavy atom. The van der Waals surface area contributed by atoms with Gasteiger partial charge in [-0.2, -0.15) is 0 Å². The minimum atomic E-state index is 1.17. The fraction of sp³-hybridized carbons (Fsp3) is 0.303. The van der Waals surface area contributed by atoms with Crippen molar-refractivity contribution in [1.29, 1.82) is 0 Å². The molecule has 0 unspecified atom stereocenters. The summed E-state index contributed by atoms with van der Waals surface area (Å²) in [5.41, 5.74) is 39.3. The highest BCUT2D eigenvalue weighted by Gasteiger charge is 2.27. The van der Waals surface area contributed by atoms with E-state index in [1.54, 1.807) is 0 Å². The van der Waals surface area contributed by atoms with Gasteiger partial charge in [-0.05, 0) is 302 Å². The second kappa shape index (κ2) is 19.3. The minimum Gasteiger partial charge on any atom is -0.309 e. The molecule has 7 aromatic rings. The fourth-order valence-corrected chi connectivity index (χ4v) is 10.6. The van der Waals surface area contributed by atoms with Crippen LogP contribution in [0.15, 0.2) is 72.8 Å². The molecule has 0 aromatic heterocycles. The molecular weight excluding hydrogens is 821 g/mol. The summed E-state index contributed by atoms with van der Waals surface area (Å²) in [4.78, 5) is 5.09. The number of hydrogen-bond donors (Lipinski definition) is 0. The number of hydrogen-bond acceptors (Lipinski definition) is 2. The van der Waals surface area contributed by atoms with E-state index in [2.05, 4.69) is 245 Å². The molecule has 0 N–H and O–H groups in total. The molecule has 7 rings (SSSR count). The third-order valence-corrected chi connectivity index (χ3v) is 16.9. The van der Waals surface area contributed by atoms with E-state index in [1.165, 1.54) is 168 Å². The summed E-state index contributed by atoms with van der Waals surface area (Å²) in [6, 6.07) is 27.0. The molecule has 7 aromatic carbocycles. The van der Waals surface area contributed by atoms with E-state index in [9.17, 15) is 0 Å². The topological polar surface area (TPSA) is 6.48 Å². The number of benzene rings is 7. The lowest BCUT2D eigenvalue weighted by Crippen LogP contribution is -2.18. The predicted octanol–water partition coefficient (Wildman–Crippen LogP) is 19.1. The van der Waals surface area contributed by atoms with Crippen molar-refractivity contribution in [2.24, 2.45) is 0 Å². The van der Waals surface area contributed by atoms with Gasteiger partial charge in [0, 0.05) is 11.4 Å². The predicted molar refractivity (Wildman–Crippen MR) is 301 cm³/mol. The van der Waals surface area contributed by atoms with Crippen molar-refractivity contribution in [1.82, 2.24) is 0 Å². The fourth-order valence-electron chi connectivity index (χ4n) is 10.6. The molecule has 0 bridgehead atoms. The third kappa shape index (κ3) is 8.68. The zero-order chi connectivity index (χ0) is 49.8. The first-order valence-corrected chi connectivity index (χ1v) is 24.6. The van der Waals surface area contributed by atoms with Crippen molar-refractivity contribution in [3.63, 3.8) is 0 Å². The summed E-state index contributed by atoms with van der Waals surface area (Å²) in [5.74, 6) is 0. The lowest BCUT2D eigenvalue weighted by atomic mass is 9.89. The molecule has 68 heavy (non-hydrogen) atoms. The van der Waals surface area contributed by atoms with Gasteiger partial charge in [0.1, 0.15) is 0 Å². The smallest absolute Gasteiger partial charge is 0.0525 e. The first-order valence-electron chi connectivity index (χ1n) is 24.6. The van der Waals surface area contributed by atoms with E-state index in [0.717, 1.165) is 0 Å². The van der Waals surface area contributed by atoms with Crippen LogP contribution in [0.4, 0.5) is 34.1 Å². The maximum Gasteiger partial charge on any atom is 0.0525 e. The minimum absolute atomic E-state index is 1.17. The highest BCUT2D eigenvalue weighted by Crippen LogP contribution is 2.48. The average molecular weight is 897 g/mol. The lowest BCUT2D eigenvalue weighted by Gasteiger charge is -2.35. The zero-order valence-corrected chi connectivity index (χ0v) is 45.1. The molecule has 0 atom stereocenters. The van der Waals surface area contributed by atoms with E-state index < -0.39 is 0 Å². The first-order chi connectivity index (χ1) is 32.1. The first kappa shape index (κ1) is 49.5. The SMILES string of the molecule is Cc1c(C)c(C)c(N(c2ccc(C=Cc3cccc(C=Cc4ccc(N(c5c(C)c(C)c(C)c(C)c5C)c5c(C)c(C)c(C)c(C)c5C)cc4)c3)cc2)c2c(C)c(C)c(C)c(C)c2C)c(C)c1C. The van der Waals surface area contributed by atoms with Crippen LogP contribution in [0.5, 0.6) is 0 Å². The molecule has 0 amide bonds. The molecular formula is C66H76N2. The second-order valence-corrected chi connectivity index (χ2v) is 20.1. The summed E-state index contributed by atoms with van der Waals surface area (Å²) >= 11 is 0. The molecule has 0 radical (unpaired) electrons. The number of anilines is 6. The van der Waals surface area contributed by atoms with Gasteiger partial charge in [0.15, 0.2) is 0 Å². The van der Waals surface area contributed by atoms with Crippen LogP contribution in [-0.4, -0.2) is 0 Å². The molecule has 0 heterocycles. The zero-order valence-electron chi connectivity index (χ0n) is 45.1. The highest BCUT2D eigenvalue weighted by atomic mass is 15.2. The summed E-state index contributed by atoms with van der Waals surface area (Å²) < 4.78 is 0. The molecule has 0 saturated carbocycles. The summed E-state index contributed by atoms with van der Waals surface area (Å²) in [6.07, 6.45) is 8.92. The lowest BCUT2D eigenvalue weighted by molar-refractivity contribution is 1.09. The molecule has 2 nitrogen and oxygen atoms in total. The van der Waals surface area contributed by atoms with Crippen LogP contribution in [0.25, 0.3) is 24.3 Å². The quantitative estimate of drug-likeness (QED) is 0.126. The maximum atomic E-state index is 2.54. The molecule has 0 fully saturated rings. The Morgan fingerprint density at radius 3 is 0.632 bits per heavy atom. The van der Waals surface area contributed by atoms with E-state index >= 15 is 0 Å². The molecule has 350 valence electrons. The summed E-state index contributed by atoms with van der Waals surface area (Å²) in [5, 5.41) is 0. The van der Waals surface area contributed by atoms with Crippen molar-refractivity contribution >= 4 is 58.4 Å². The van der Waals surface area contributed by atoms with Crippen molar-refractivity contribution in [3.8, 4) is 0 Å². The van der Waals surface area contributed by atoms with Crippen molar-refractivity contribution in [3.05, 3.63) is 206 Å². The van der Waals surface area contributed by atoms with E-state index in [0.29, 0.717) is 0 Å². The number of rotatable bonds is 10. The Hall–Kier alpha value is -6.38. The van der Waals surface area contributed by atoms with Crippen LogP contribution >= 0.6 is 0 Å². The molecule has 0 aliphatic rings. The summed E-state index contributed by atoms with van der Waals surface area (Å²) in [7, 11) is 0. The summed E-state index contributed by atoms with van der Waals surface area (Å²) in [6.45, 7) is 45.6. The molecule has 0 aliphatic heterocycles. The van der Waals surface area contributed by atoms with Crippen molar-refractivity contribution < 1.29 is 0 Å². The van der Waals surface area contributed by atoms with E-state index in [4.69, 9.17) is 0 Å². The Morgan fingerprint density at radius 1 is 0.221 bits per heavy atom. The van der Waals surface area contributed by atoms with Gasteiger partial charge in [-0.1, -0.05) is 66.8 Å². The number of nitrogens with zero attached hydrogens (tertiary/aromatic N) is 2. The van der Waals surface area contributed by atoms with E-state index in [1.807, 2.05) is 0 Å². The largest absolute Gasteiger partial charge is 0.309 e. The molecule has 0 saturated heterocycles. The van der Waals surface area contributed by atoms with Gasteiger partial charge < -0.3 is 9.80 Å². The van der Waals surface area contributed by atoms with Crippen LogP contribution < -0.4 is 9.80 Å². The van der Waals surface area contributed by atoms with Gasteiger partial charge >= 0.3 is 0 Å². The highest BCUT2D eigenvalue weighted by molar-refractivity contribution is 5.89.